The van der Waals surface area contributed by atoms with Crippen LogP contribution in [0.2, 0.25) is 0 Å². The zero-order valence-corrected chi connectivity index (χ0v) is 14.6. The predicted molar refractivity (Wildman–Crippen MR) is 97.9 cm³/mol. The number of para-hydroxylation sites is 3. The molecule has 0 bridgehead atoms. The standard InChI is InChI=1S/C19H23N3O3/c1-19(2,3)22-18(24)21-17(23)13-20-15-11-7-8-12-16(15)25-14-9-5-4-6-10-14/h4-12,20H,13H2,1-3H3,(H2,21,22,23,24). The van der Waals surface area contributed by atoms with E-state index in [-0.39, 0.29) is 6.54 Å². The molecule has 0 radical (unpaired) electrons. The summed E-state index contributed by atoms with van der Waals surface area (Å²) < 4.78 is 5.82. The monoisotopic (exact) mass is 341 g/mol. The van der Waals surface area contributed by atoms with E-state index in [4.69, 9.17) is 4.74 Å². The summed E-state index contributed by atoms with van der Waals surface area (Å²) in [6.07, 6.45) is 0. The number of anilines is 1. The van der Waals surface area contributed by atoms with Crippen LogP contribution in [-0.4, -0.2) is 24.0 Å². The van der Waals surface area contributed by atoms with Crippen molar-refractivity contribution in [3.05, 3.63) is 54.6 Å². The second kappa shape index (κ2) is 8.19. The lowest BCUT2D eigenvalue weighted by molar-refractivity contribution is -0.118. The number of benzene rings is 2. The molecule has 0 aliphatic rings. The third kappa shape index (κ3) is 6.55. The molecule has 132 valence electrons. The number of carbonyl (C=O) groups excluding carboxylic acids is 2. The van der Waals surface area contributed by atoms with E-state index in [1.54, 1.807) is 12.1 Å². The molecule has 0 aromatic heterocycles. The Hall–Kier alpha value is -3.02. The number of hydrogen-bond donors (Lipinski definition) is 3. The van der Waals surface area contributed by atoms with Gasteiger partial charge in [0.25, 0.3) is 0 Å². The van der Waals surface area contributed by atoms with Crippen molar-refractivity contribution in [3.8, 4) is 11.5 Å². The second-order valence-electron chi connectivity index (χ2n) is 6.52. The first-order valence-electron chi connectivity index (χ1n) is 8.01. The van der Waals surface area contributed by atoms with E-state index in [2.05, 4.69) is 16.0 Å². The summed E-state index contributed by atoms with van der Waals surface area (Å²) in [5.41, 5.74) is 0.256. The minimum atomic E-state index is -0.520. The summed E-state index contributed by atoms with van der Waals surface area (Å²) in [5, 5.41) is 7.94. The molecule has 0 heterocycles. The molecule has 0 atom stereocenters. The van der Waals surface area contributed by atoms with Crippen LogP contribution in [0.4, 0.5) is 10.5 Å². The van der Waals surface area contributed by atoms with Gasteiger partial charge in [0.15, 0.2) is 5.75 Å². The smallest absolute Gasteiger partial charge is 0.321 e. The number of imide groups is 1. The van der Waals surface area contributed by atoms with Gasteiger partial charge in [-0.2, -0.15) is 0 Å². The normalized spacial score (nSPS) is 10.7. The van der Waals surface area contributed by atoms with E-state index in [1.165, 1.54) is 0 Å². The van der Waals surface area contributed by atoms with Crippen molar-refractivity contribution in [2.45, 2.75) is 26.3 Å². The summed E-state index contributed by atoms with van der Waals surface area (Å²) in [7, 11) is 0. The molecule has 6 nitrogen and oxygen atoms in total. The number of urea groups is 1. The Balaban J connectivity index is 1.92. The van der Waals surface area contributed by atoms with Crippen LogP contribution in [0.15, 0.2) is 54.6 Å². The van der Waals surface area contributed by atoms with Gasteiger partial charge in [-0.05, 0) is 45.0 Å². The van der Waals surface area contributed by atoms with Crippen molar-refractivity contribution in [1.29, 1.82) is 0 Å². The highest BCUT2D eigenvalue weighted by molar-refractivity contribution is 5.96. The maximum absolute atomic E-state index is 11.9. The van der Waals surface area contributed by atoms with E-state index in [0.29, 0.717) is 17.2 Å². The topological polar surface area (TPSA) is 79.5 Å². The molecule has 0 spiro atoms. The van der Waals surface area contributed by atoms with Gasteiger partial charge in [-0.1, -0.05) is 30.3 Å². The number of carbonyl (C=O) groups is 2. The van der Waals surface area contributed by atoms with Crippen LogP contribution in [0, 0.1) is 0 Å². The van der Waals surface area contributed by atoms with Gasteiger partial charge in [-0.15, -0.1) is 0 Å². The molecule has 3 amide bonds. The van der Waals surface area contributed by atoms with E-state index >= 15 is 0 Å². The molecule has 0 unspecified atom stereocenters. The first-order chi connectivity index (χ1) is 11.8. The van der Waals surface area contributed by atoms with Crippen LogP contribution < -0.4 is 20.7 Å². The molecule has 2 aromatic carbocycles. The van der Waals surface area contributed by atoms with Crippen molar-refractivity contribution in [1.82, 2.24) is 10.6 Å². The number of ether oxygens (including phenoxy) is 1. The average Bonchev–Trinajstić information content (AvgIpc) is 2.53. The second-order valence-corrected chi connectivity index (χ2v) is 6.52. The summed E-state index contributed by atoms with van der Waals surface area (Å²) in [6, 6.07) is 16.1. The van der Waals surface area contributed by atoms with E-state index < -0.39 is 17.5 Å². The molecule has 2 rings (SSSR count). The van der Waals surface area contributed by atoms with Crippen LogP contribution in [-0.2, 0) is 4.79 Å². The summed E-state index contributed by atoms with van der Waals surface area (Å²) in [4.78, 5) is 23.6. The molecule has 3 N–H and O–H groups in total. The van der Waals surface area contributed by atoms with E-state index in [9.17, 15) is 9.59 Å². The Morgan fingerprint density at radius 3 is 2.28 bits per heavy atom. The predicted octanol–water partition coefficient (Wildman–Crippen LogP) is 3.52. The van der Waals surface area contributed by atoms with E-state index in [0.717, 1.165) is 0 Å². The fourth-order valence-corrected chi connectivity index (χ4v) is 2.04. The molecule has 6 heteroatoms. The number of hydrogen-bond acceptors (Lipinski definition) is 4. The third-order valence-electron chi connectivity index (χ3n) is 3.04. The van der Waals surface area contributed by atoms with Gasteiger partial charge in [-0.25, -0.2) is 4.79 Å². The van der Waals surface area contributed by atoms with Crippen LogP contribution in [0.3, 0.4) is 0 Å². The van der Waals surface area contributed by atoms with Crippen molar-refractivity contribution >= 4 is 17.6 Å². The number of nitrogens with one attached hydrogen (secondary N) is 3. The highest BCUT2D eigenvalue weighted by atomic mass is 16.5. The quantitative estimate of drug-likeness (QED) is 0.777. The van der Waals surface area contributed by atoms with Crippen molar-refractivity contribution in [2.24, 2.45) is 0 Å². The third-order valence-corrected chi connectivity index (χ3v) is 3.04. The van der Waals surface area contributed by atoms with Gasteiger partial charge < -0.3 is 15.4 Å². The van der Waals surface area contributed by atoms with Gasteiger partial charge in [-0.3, -0.25) is 10.1 Å². The molecule has 0 saturated heterocycles. The highest BCUT2D eigenvalue weighted by Gasteiger charge is 2.15. The van der Waals surface area contributed by atoms with E-state index in [1.807, 2.05) is 63.2 Å². The van der Waals surface area contributed by atoms with Gasteiger partial charge in [0, 0.05) is 5.54 Å². The van der Waals surface area contributed by atoms with Crippen molar-refractivity contribution in [3.63, 3.8) is 0 Å². The maximum Gasteiger partial charge on any atom is 0.321 e. The fraction of sp³-hybridized carbons (Fsp3) is 0.263. The van der Waals surface area contributed by atoms with Gasteiger partial charge >= 0.3 is 6.03 Å². The summed E-state index contributed by atoms with van der Waals surface area (Å²) >= 11 is 0. The minimum absolute atomic E-state index is 0.0489. The molecule has 0 aliphatic heterocycles. The summed E-state index contributed by atoms with van der Waals surface area (Å²) in [6.45, 7) is 5.47. The molecule has 0 fully saturated rings. The largest absolute Gasteiger partial charge is 0.455 e. The zero-order chi connectivity index (χ0) is 18.3. The van der Waals surface area contributed by atoms with Gasteiger partial charge in [0.1, 0.15) is 5.75 Å². The molecule has 0 aliphatic carbocycles. The van der Waals surface area contributed by atoms with Crippen molar-refractivity contribution < 1.29 is 14.3 Å². The Labute approximate surface area is 147 Å². The highest BCUT2D eigenvalue weighted by Crippen LogP contribution is 2.28. The Bertz CT molecular complexity index is 724. The Morgan fingerprint density at radius 2 is 1.60 bits per heavy atom. The van der Waals surface area contributed by atoms with Crippen molar-refractivity contribution in [2.75, 3.05) is 11.9 Å². The number of amides is 3. The maximum atomic E-state index is 11.9. The Kier molecular flexibility index (Phi) is 6.00. The lowest BCUT2D eigenvalue weighted by Gasteiger charge is -2.20. The lowest BCUT2D eigenvalue weighted by Crippen LogP contribution is -2.49. The van der Waals surface area contributed by atoms with Gasteiger partial charge in [0.05, 0.1) is 12.2 Å². The fourth-order valence-electron chi connectivity index (χ4n) is 2.04. The minimum Gasteiger partial charge on any atom is -0.455 e. The SMILES string of the molecule is CC(C)(C)NC(=O)NC(=O)CNc1ccccc1Oc1ccccc1. The average molecular weight is 341 g/mol. The molecule has 0 saturated carbocycles. The first-order valence-corrected chi connectivity index (χ1v) is 8.01. The molecule has 25 heavy (non-hydrogen) atoms. The zero-order valence-electron chi connectivity index (χ0n) is 14.6. The molecule has 2 aromatic rings. The number of rotatable bonds is 5. The van der Waals surface area contributed by atoms with Crippen LogP contribution in [0.1, 0.15) is 20.8 Å². The molecular weight excluding hydrogens is 318 g/mol. The lowest BCUT2D eigenvalue weighted by atomic mass is 10.1. The van der Waals surface area contributed by atoms with Crippen LogP contribution in [0.25, 0.3) is 0 Å². The van der Waals surface area contributed by atoms with Gasteiger partial charge in [0.2, 0.25) is 5.91 Å². The Morgan fingerprint density at radius 1 is 0.960 bits per heavy atom. The van der Waals surface area contributed by atoms with Crippen LogP contribution >= 0.6 is 0 Å². The van der Waals surface area contributed by atoms with Crippen LogP contribution in [0.5, 0.6) is 11.5 Å². The summed E-state index contributed by atoms with van der Waals surface area (Å²) in [5.74, 6) is 0.864. The first kappa shape index (κ1) is 18.3. The molecular formula is C19H23N3O3.